The van der Waals surface area contributed by atoms with Gasteiger partial charge in [0.25, 0.3) is 0 Å². The van der Waals surface area contributed by atoms with Crippen molar-refractivity contribution in [3.05, 3.63) is 64.7 Å². The zero-order valence-electron chi connectivity index (χ0n) is 19.0. The number of quaternary nitrogens is 1. The first-order chi connectivity index (χ1) is 14.0. The summed E-state index contributed by atoms with van der Waals surface area (Å²) in [6.45, 7) is 10.7. The van der Waals surface area contributed by atoms with Gasteiger partial charge in [-0.3, -0.25) is 4.79 Å². The second-order valence-electron chi connectivity index (χ2n) is 8.69. The molecule has 2 aromatic carbocycles. The van der Waals surface area contributed by atoms with Crippen molar-refractivity contribution in [1.82, 2.24) is 0 Å². The molecule has 0 aliphatic carbocycles. The molecule has 0 spiro atoms. The molecule has 2 aromatic rings. The van der Waals surface area contributed by atoms with Crippen LogP contribution < -0.4 is 4.74 Å². The number of aryl methyl sites for hydroxylation is 2. The van der Waals surface area contributed by atoms with Crippen LogP contribution in [-0.2, 0) is 50.5 Å². The summed E-state index contributed by atoms with van der Waals surface area (Å²) in [7, 11) is 0. The Balaban J connectivity index is 0.00000320. The van der Waals surface area contributed by atoms with Crippen LogP contribution in [0.4, 0.5) is 0 Å². The Morgan fingerprint density at radius 1 is 0.967 bits per heavy atom. The predicted octanol–water partition coefficient (Wildman–Crippen LogP) is 5.40. The van der Waals surface area contributed by atoms with Crippen molar-refractivity contribution in [3.63, 3.8) is 0 Å². The summed E-state index contributed by atoms with van der Waals surface area (Å²) in [6, 6.07) is 14.8. The van der Waals surface area contributed by atoms with Crippen LogP contribution in [0.1, 0.15) is 54.9 Å². The van der Waals surface area contributed by atoms with Gasteiger partial charge in [0.15, 0.2) is 5.78 Å². The molecule has 1 radical (unpaired) electrons. The van der Waals surface area contributed by atoms with Gasteiger partial charge in [0.1, 0.15) is 18.8 Å². The minimum atomic E-state index is 0. The molecule has 0 unspecified atom stereocenters. The fourth-order valence-corrected chi connectivity index (χ4v) is 4.81. The first kappa shape index (κ1) is 25.2. The van der Waals surface area contributed by atoms with Gasteiger partial charge in [-0.1, -0.05) is 30.3 Å². The van der Waals surface area contributed by atoms with Gasteiger partial charge in [-0.15, -0.1) is 0 Å². The molecule has 0 saturated carbocycles. The number of ether oxygens (including phenoxy) is 1. The average molecular weight is 483 g/mol. The van der Waals surface area contributed by atoms with Crippen molar-refractivity contribution >= 4 is 5.78 Å². The summed E-state index contributed by atoms with van der Waals surface area (Å²) in [5.41, 5.74) is 4.83. The molecule has 1 heterocycles. The van der Waals surface area contributed by atoms with Crippen LogP contribution in [0.3, 0.4) is 0 Å². The van der Waals surface area contributed by atoms with E-state index in [-0.39, 0.29) is 32.7 Å². The van der Waals surface area contributed by atoms with Crippen LogP contribution in [0.2, 0.25) is 0 Å². The van der Waals surface area contributed by atoms with E-state index in [2.05, 4.69) is 56.3 Å². The molecule has 0 bridgehead atoms. The zero-order chi connectivity index (χ0) is 20.7. The van der Waals surface area contributed by atoms with Gasteiger partial charge in [0.2, 0.25) is 0 Å². The Morgan fingerprint density at radius 3 is 2.13 bits per heavy atom. The van der Waals surface area contributed by atoms with Gasteiger partial charge < -0.3 is 9.22 Å². The Hall–Kier alpha value is -1.03. The molecule has 3 rings (SSSR count). The Bertz CT molecular complexity index is 788. The van der Waals surface area contributed by atoms with Crippen molar-refractivity contribution in [3.8, 4) is 5.75 Å². The average Bonchev–Trinajstić information content (AvgIpc) is 2.91. The molecule has 3 nitrogen and oxygen atoms in total. The Kier molecular flexibility index (Phi) is 10.2. The molecular weight excluding hydrogens is 447 g/mol. The third kappa shape index (κ3) is 7.00. The van der Waals surface area contributed by atoms with Crippen LogP contribution in [0.25, 0.3) is 0 Å². The molecule has 1 fully saturated rings. The molecule has 0 atom stereocenters. The fourth-order valence-electron chi connectivity index (χ4n) is 4.81. The molecule has 0 aromatic heterocycles. The van der Waals surface area contributed by atoms with Crippen molar-refractivity contribution in [2.24, 2.45) is 0 Å². The molecule has 1 aliphatic rings. The summed E-state index contributed by atoms with van der Waals surface area (Å²) >= 11 is 0. The maximum absolute atomic E-state index is 13.3. The number of Topliss-reactive ketones (excluding diaryl/α,β-unsaturated/α-hetero) is 1. The van der Waals surface area contributed by atoms with E-state index in [4.69, 9.17) is 4.74 Å². The van der Waals surface area contributed by atoms with E-state index in [1.54, 1.807) is 0 Å². The van der Waals surface area contributed by atoms with Crippen molar-refractivity contribution in [2.75, 3.05) is 26.2 Å². The van der Waals surface area contributed by atoms with E-state index in [0.29, 0.717) is 25.4 Å². The monoisotopic (exact) mass is 483 g/mol. The number of rotatable bonds is 8. The van der Waals surface area contributed by atoms with Crippen LogP contribution >= 0.6 is 0 Å². The quantitative estimate of drug-likeness (QED) is 0.470. The number of carbonyl (C=O) groups excluding carboxylic acids is 1. The molecular formula is C26H36NO2Y+. The van der Waals surface area contributed by atoms with Gasteiger partial charge in [0, 0.05) is 44.7 Å². The van der Waals surface area contributed by atoms with Crippen molar-refractivity contribution in [1.29, 1.82) is 0 Å². The molecule has 1 aliphatic heterocycles. The largest absolute Gasteiger partial charge is 0.494 e. The van der Waals surface area contributed by atoms with Gasteiger partial charge in [-0.25, -0.2) is 0 Å². The standard InChI is InChI=1S/C26H36NO2.Y/c1-4-29-25-16-21(2)26(22(3)17-25)18-24(28)20-27(14-10-5-6-11-15-27)19-23-12-8-7-9-13-23;/h7-9,12-13,16-17H,4-6,10-11,14-15,18-20H2,1-3H3;/q+1;. The first-order valence-corrected chi connectivity index (χ1v) is 11.1. The van der Waals surface area contributed by atoms with Crippen LogP contribution in [0.5, 0.6) is 5.75 Å². The first-order valence-electron chi connectivity index (χ1n) is 11.1. The van der Waals surface area contributed by atoms with Crippen LogP contribution in [0.15, 0.2) is 42.5 Å². The SMILES string of the molecule is CCOc1cc(C)c(CC(=O)C[N+]2(Cc3ccccc3)CCCCCC2)c(C)c1.[Y]. The number of hydrogen-bond acceptors (Lipinski definition) is 2. The topological polar surface area (TPSA) is 26.3 Å². The zero-order valence-corrected chi connectivity index (χ0v) is 21.8. The summed E-state index contributed by atoms with van der Waals surface area (Å²) < 4.78 is 6.57. The molecule has 30 heavy (non-hydrogen) atoms. The van der Waals surface area contributed by atoms with E-state index >= 15 is 0 Å². The number of hydrogen-bond donors (Lipinski definition) is 0. The molecule has 0 N–H and O–H groups in total. The number of likely N-dealkylation sites (tertiary alicyclic amines) is 1. The van der Waals surface area contributed by atoms with Gasteiger partial charge in [-0.05, 0) is 75.3 Å². The second-order valence-corrected chi connectivity index (χ2v) is 8.69. The maximum atomic E-state index is 13.3. The number of ketones is 1. The van der Waals surface area contributed by atoms with E-state index in [1.165, 1.54) is 36.8 Å². The van der Waals surface area contributed by atoms with Crippen molar-refractivity contribution in [2.45, 2.75) is 59.4 Å². The summed E-state index contributed by atoms with van der Waals surface area (Å²) in [5.74, 6) is 1.26. The van der Waals surface area contributed by atoms with E-state index in [0.717, 1.165) is 41.0 Å². The third-order valence-electron chi connectivity index (χ3n) is 6.24. The third-order valence-corrected chi connectivity index (χ3v) is 6.24. The molecule has 159 valence electrons. The molecule has 0 amide bonds. The number of carbonyl (C=O) groups is 1. The van der Waals surface area contributed by atoms with Gasteiger partial charge in [0.05, 0.1) is 19.7 Å². The normalized spacial score (nSPS) is 15.7. The summed E-state index contributed by atoms with van der Waals surface area (Å²) in [5, 5.41) is 0. The second kappa shape index (κ2) is 12.1. The van der Waals surface area contributed by atoms with Crippen LogP contribution in [0, 0.1) is 13.8 Å². The predicted molar refractivity (Wildman–Crippen MR) is 119 cm³/mol. The minimum absolute atomic E-state index is 0. The van der Waals surface area contributed by atoms with E-state index < -0.39 is 0 Å². The smallest absolute Gasteiger partial charge is 0.191 e. The summed E-state index contributed by atoms with van der Waals surface area (Å²) in [6.07, 6.45) is 5.56. The number of benzene rings is 2. The molecule has 1 saturated heterocycles. The van der Waals surface area contributed by atoms with Crippen LogP contribution in [-0.4, -0.2) is 36.5 Å². The Morgan fingerprint density at radius 2 is 1.57 bits per heavy atom. The van der Waals surface area contributed by atoms with Gasteiger partial charge in [-0.2, -0.15) is 0 Å². The van der Waals surface area contributed by atoms with Crippen molar-refractivity contribution < 1.29 is 46.7 Å². The Labute approximate surface area is 207 Å². The van der Waals surface area contributed by atoms with E-state index in [9.17, 15) is 4.79 Å². The molecule has 4 heteroatoms. The maximum Gasteiger partial charge on any atom is 0.191 e. The minimum Gasteiger partial charge on any atom is -0.494 e. The summed E-state index contributed by atoms with van der Waals surface area (Å²) in [4.78, 5) is 13.3. The fraction of sp³-hybridized carbons (Fsp3) is 0.500. The van der Waals surface area contributed by atoms with Gasteiger partial charge >= 0.3 is 0 Å². The van der Waals surface area contributed by atoms with E-state index in [1.807, 2.05) is 6.92 Å². The number of nitrogens with zero attached hydrogens (tertiary/aromatic N) is 1.